The number of imide groups is 1. The third-order valence-corrected chi connectivity index (χ3v) is 14.6. The van der Waals surface area contributed by atoms with Gasteiger partial charge in [0, 0.05) is 70.7 Å². The van der Waals surface area contributed by atoms with Gasteiger partial charge in [-0.25, -0.2) is 4.79 Å². The number of primary amides is 1. The van der Waals surface area contributed by atoms with Gasteiger partial charge >= 0.3 is 5.97 Å². The van der Waals surface area contributed by atoms with Crippen molar-refractivity contribution >= 4 is 58.2 Å². The highest BCUT2D eigenvalue weighted by Gasteiger charge is 2.44. The molecule has 0 unspecified atom stereocenters. The van der Waals surface area contributed by atoms with Crippen LogP contribution in [0.15, 0.2) is 30.5 Å². The molecule has 0 bridgehead atoms. The van der Waals surface area contributed by atoms with Crippen molar-refractivity contribution in [2.24, 2.45) is 29.4 Å². The van der Waals surface area contributed by atoms with Crippen molar-refractivity contribution in [3.8, 4) is 0 Å². The molecule has 2 saturated heterocycles. The van der Waals surface area contributed by atoms with Gasteiger partial charge in [-0.15, -0.1) is 5.06 Å². The number of hydrogen-bond donors (Lipinski definition) is 4. The Morgan fingerprint density at radius 1 is 0.829 bits per heavy atom. The van der Waals surface area contributed by atoms with E-state index in [1.54, 1.807) is 30.0 Å². The number of rotatable bonds is 34. The molecule has 7 amide bonds. The molecule has 1 aromatic carbocycles. The molecule has 3 heterocycles. The van der Waals surface area contributed by atoms with Gasteiger partial charge in [0.15, 0.2) is 0 Å². The van der Waals surface area contributed by atoms with E-state index in [-0.39, 0.29) is 101 Å². The number of carbonyl (C=O) groups is 8. The lowest BCUT2D eigenvalue weighted by atomic mass is 9.89. The number of fused-ring (bicyclic) bond motifs is 1. The van der Waals surface area contributed by atoms with Crippen LogP contribution in [0.3, 0.4) is 0 Å². The number of nitrogens with zero attached hydrogens (tertiary/aromatic N) is 4. The van der Waals surface area contributed by atoms with Crippen molar-refractivity contribution < 1.29 is 66.9 Å². The largest absolute Gasteiger partial charge is 0.379 e. The second kappa shape index (κ2) is 31.0. The number of H-pyrrole nitrogens is 1. The third-order valence-electron chi connectivity index (χ3n) is 14.6. The maximum atomic E-state index is 14.6. The molecule has 426 valence electrons. The summed E-state index contributed by atoms with van der Waals surface area (Å²) in [6.07, 6.45) is 2.38. The van der Waals surface area contributed by atoms with Crippen molar-refractivity contribution in [1.29, 1.82) is 0 Å². The molecule has 0 spiro atoms. The minimum atomic E-state index is -0.980. The van der Waals surface area contributed by atoms with Gasteiger partial charge in [0.2, 0.25) is 29.5 Å². The Bertz CT molecular complexity index is 2220. The van der Waals surface area contributed by atoms with Crippen molar-refractivity contribution in [1.82, 2.24) is 35.4 Å². The van der Waals surface area contributed by atoms with E-state index in [9.17, 15) is 38.4 Å². The number of aromatic amines is 1. The number of likely N-dealkylation sites (N-methyl/N-ethyl adjacent to an activating group) is 2. The molecule has 22 heteroatoms. The van der Waals surface area contributed by atoms with Gasteiger partial charge in [0.05, 0.1) is 88.7 Å². The fraction of sp³-hybridized carbons (Fsp3) is 0.704. The summed E-state index contributed by atoms with van der Waals surface area (Å²) in [6, 6.07) is 4.21. The van der Waals surface area contributed by atoms with Crippen molar-refractivity contribution in [2.45, 2.75) is 142 Å². The molecule has 5 N–H and O–H groups in total. The first-order chi connectivity index (χ1) is 36.2. The first-order valence-electron chi connectivity index (χ1n) is 26.7. The summed E-state index contributed by atoms with van der Waals surface area (Å²) >= 11 is 0. The van der Waals surface area contributed by atoms with E-state index in [0.29, 0.717) is 44.0 Å². The average molecular weight is 1070 g/mol. The molecule has 1 aromatic heterocycles. The third kappa shape index (κ3) is 17.5. The van der Waals surface area contributed by atoms with Gasteiger partial charge in [0.1, 0.15) is 12.1 Å². The van der Waals surface area contributed by atoms with E-state index in [1.165, 1.54) is 14.2 Å². The van der Waals surface area contributed by atoms with Crippen LogP contribution in [0.5, 0.6) is 0 Å². The summed E-state index contributed by atoms with van der Waals surface area (Å²) in [6.45, 7) is 15.6. The first kappa shape index (κ1) is 63.0. The number of likely N-dealkylation sites (tertiary alicyclic amines) is 1. The molecule has 76 heavy (non-hydrogen) atoms. The van der Waals surface area contributed by atoms with E-state index in [2.05, 4.69) is 15.6 Å². The van der Waals surface area contributed by atoms with Crippen LogP contribution >= 0.6 is 0 Å². The van der Waals surface area contributed by atoms with Crippen molar-refractivity contribution in [3.63, 3.8) is 0 Å². The molecule has 9 atom stereocenters. The quantitative estimate of drug-likeness (QED) is 0.0580. The summed E-state index contributed by atoms with van der Waals surface area (Å²) in [5.41, 5.74) is 7.55. The van der Waals surface area contributed by atoms with Crippen LogP contribution < -0.4 is 16.4 Å². The van der Waals surface area contributed by atoms with Gasteiger partial charge in [-0.2, -0.15) is 0 Å². The average Bonchev–Trinajstić information content (AvgIpc) is 4.12. The molecule has 0 aliphatic carbocycles. The lowest BCUT2D eigenvalue weighted by Crippen LogP contribution is -2.60. The fourth-order valence-electron chi connectivity index (χ4n) is 10.2. The molecule has 2 fully saturated rings. The highest BCUT2D eigenvalue weighted by Crippen LogP contribution is 2.30. The monoisotopic (exact) mass is 1070 g/mol. The minimum Gasteiger partial charge on any atom is -0.379 e. The summed E-state index contributed by atoms with van der Waals surface area (Å²) in [5.74, 6) is -5.02. The Morgan fingerprint density at radius 2 is 1.46 bits per heavy atom. The van der Waals surface area contributed by atoms with Crippen LogP contribution in [0, 0.1) is 23.7 Å². The number of nitrogens with two attached hydrogens (primary N) is 1. The smallest absolute Gasteiger partial charge is 0.335 e. The predicted molar refractivity (Wildman–Crippen MR) is 282 cm³/mol. The number of hydroxylamine groups is 2. The highest BCUT2D eigenvalue weighted by molar-refractivity contribution is 6.01. The second-order valence-corrected chi connectivity index (χ2v) is 20.6. The second-order valence-electron chi connectivity index (χ2n) is 20.6. The lowest BCUT2D eigenvalue weighted by molar-refractivity contribution is -0.198. The Morgan fingerprint density at radius 3 is 2.05 bits per heavy atom. The molecule has 4 rings (SSSR count). The van der Waals surface area contributed by atoms with Gasteiger partial charge in [-0.3, -0.25) is 38.5 Å². The lowest BCUT2D eigenvalue weighted by Gasteiger charge is -2.41. The maximum absolute atomic E-state index is 14.6. The molecule has 22 nitrogen and oxygen atoms in total. The number of methoxy groups -OCH3 is 2. The summed E-state index contributed by atoms with van der Waals surface area (Å²) in [7, 11) is 6.56. The van der Waals surface area contributed by atoms with E-state index in [4.69, 9.17) is 34.3 Å². The summed E-state index contributed by atoms with van der Waals surface area (Å²) < 4.78 is 28.8. The van der Waals surface area contributed by atoms with E-state index < -0.39 is 77.9 Å². The van der Waals surface area contributed by atoms with E-state index >= 15 is 0 Å². The van der Waals surface area contributed by atoms with Crippen LogP contribution in [0.25, 0.3) is 10.9 Å². The molecule has 2 aliphatic rings. The zero-order valence-electron chi connectivity index (χ0n) is 46.6. The van der Waals surface area contributed by atoms with Crippen LogP contribution in [0.1, 0.15) is 99.0 Å². The Labute approximate surface area is 448 Å². The molecule has 0 saturated carbocycles. The Kier molecular flexibility index (Phi) is 25.7. The van der Waals surface area contributed by atoms with Crippen LogP contribution in [0.4, 0.5) is 0 Å². The number of hydrogen-bond acceptors (Lipinski definition) is 15. The molecule has 0 radical (unpaired) electrons. The molecular formula is C54H86N8O14. The van der Waals surface area contributed by atoms with Gasteiger partial charge in [-0.05, 0) is 49.3 Å². The standard InChI is InChI=1S/C54H86N8O14/c1-12-35(6)49(42(71-10)31-45(65)61-22-15-18-41(61)50(72-11)36(7)52(68)57-40(51(55)67)30-37-32-56-39-17-14-13-16-38(37)39)60(9)54(70)47(33(2)3)58-53(69)48(34(4)5)59(8)23-25-74-27-29-75-28-26-73-24-21-46(66)76-62-43(63)19-20-44(62)64/h13-14,16-17,32-36,40-42,47-50,56H,12,15,18-31H2,1-11H3,(H2,55,67)(H,57,68)(H,58,69)/t35-,36+,40-,41-,42+,47-,48-,49-,50+/m0/s1. The van der Waals surface area contributed by atoms with Gasteiger partial charge in [-0.1, -0.05) is 73.1 Å². The van der Waals surface area contributed by atoms with Crippen LogP contribution in [-0.4, -0.2) is 196 Å². The molecular weight excluding hydrogens is 985 g/mol. The summed E-state index contributed by atoms with van der Waals surface area (Å²) in [5, 5.41) is 7.35. The van der Waals surface area contributed by atoms with Gasteiger partial charge < -0.3 is 59.7 Å². The Balaban J connectivity index is 1.29. The molecule has 2 aliphatic heterocycles. The SMILES string of the molecule is CC[C@H](C)[C@@H]([C@@H](CC(=O)N1CCC[C@H]1[C@H](OC)[C@@H](C)C(=O)N[C@@H](Cc1c[nH]c2ccccc12)C(N)=O)OC)N(C)C(=O)[C@@H](NC(=O)[C@H](C(C)C)N(C)CCOCCOCCOCCC(=O)ON1C(=O)CCC1=O)C(C)C. The van der Waals surface area contributed by atoms with Crippen LogP contribution in [0.2, 0.25) is 0 Å². The molecule has 2 aromatic rings. The zero-order valence-corrected chi connectivity index (χ0v) is 46.6. The topological polar surface area (TPSA) is 271 Å². The predicted octanol–water partition coefficient (Wildman–Crippen LogP) is 2.75. The van der Waals surface area contributed by atoms with E-state index in [0.717, 1.165) is 16.5 Å². The number of benzene rings is 1. The van der Waals surface area contributed by atoms with Crippen molar-refractivity contribution in [3.05, 3.63) is 36.0 Å². The number of para-hydroxylation sites is 1. The number of aromatic nitrogens is 1. The van der Waals surface area contributed by atoms with Crippen molar-refractivity contribution in [2.75, 3.05) is 81.0 Å². The number of nitrogens with one attached hydrogen (secondary N) is 3. The number of amides is 7. The zero-order chi connectivity index (χ0) is 56.2. The number of carbonyl (C=O) groups excluding carboxylic acids is 8. The maximum Gasteiger partial charge on any atom is 0.335 e. The highest BCUT2D eigenvalue weighted by atomic mass is 16.7. The minimum absolute atomic E-state index is 0.0221. The summed E-state index contributed by atoms with van der Waals surface area (Å²) in [4.78, 5) is 118. The van der Waals surface area contributed by atoms with Crippen LogP contribution in [-0.2, 0) is 73.3 Å². The fourth-order valence-corrected chi connectivity index (χ4v) is 10.2. The van der Waals surface area contributed by atoms with E-state index in [1.807, 2.05) is 77.8 Å². The number of ether oxygens (including phenoxy) is 5. The first-order valence-corrected chi connectivity index (χ1v) is 26.7. The normalized spacial score (nSPS) is 18.2. The van der Waals surface area contributed by atoms with Gasteiger partial charge in [0.25, 0.3) is 11.8 Å². The Hall–Kier alpha value is -5.52.